The van der Waals surface area contributed by atoms with Crippen molar-refractivity contribution in [2.75, 3.05) is 19.3 Å². The lowest BCUT2D eigenvalue weighted by Crippen LogP contribution is -2.26. The van der Waals surface area contributed by atoms with Crippen LogP contribution < -0.4 is 5.73 Å². The van der Waals surface area contributed by atoms with Gasteiger partial charge in [-0.25, -0.2) is 0 Å². The molecule has 2 N–H and O–H groups in total. The van der Waals surface area contributed by atoms with E-state index in [4.69, 9.17) is 5.73 Å². The van der Waals surface area contributed by atoms with Crippen LogP contribution in [-0.2, 0) is 0 Å². The first kappa shape index (κ1) is 11.0. The van der Waals surface area contributed by atoms with Gasteiger partial charge in [-0.2, -0.15) is 0 Å². The minimum Gasteiger partial charge on any atom is -0.399 e. The number of hydrogen-bond donors (Lipinski definition) is 1. The quantitative estimate of drug-likeness (QED) is 0.825. The summed E-state index contributed by atoms with van der Waals surface area (Å²) < 4.78 is 0.775. The molecule has 1 aromatic rings. The number of rotatable bonds is 2. The summed E-state index contributed by atoms with van der Waals surface area (Å²) in [6.07, 6.45) is 0. The second-order valence-corrected chi connectivity index (χ2v) is 3.91. The molecule has 3 nitrogen and oxygen atoms in total. The molecular formula is C10H13BrN2O. The lowest BCUT2D eigenvalue weighted by Gasteiger charge is -2.15. The van der Waals surface area contributed by atoms with Gasteiger partial charge in [0.05, 0.1) is 5.56 Å². The number of hydrogen-bond acceptors (Lipinski definition) is 2. The number of carbonyl (C=O) groups excluding carboxylic acids is 1. The Labute approximate surface area is 92.0 Å². The predicted molar refractivity (Wildman–Crippen MR) is 61.2 cm³/mol. The number of nitrogens with two attached hydrogens (primary N) is 1. The van der Waals surface area contributed by atoms with Crippen LogP contribution in [0.4, 0.5) is 5.69 Å². The summed E-state index contributed by atoms with van der Waals surface area (Å²) in [5.74, 6) is -0.0216. The first-order chi connectivity index (χ1) is 6.56. The molecule has 0 saturated carbocycles. The first-order valence-corrected chi connectivity index (χ1v) is 5.16. The van der Waals surface area contributed by atoms with E-state index in [9.17, 15) is 4.79 Å². The molecule has 1 aromatic carbocycles. The summed E-state index contributed by atoms with van der Waals surface area (Å²) in [7, 11) is 1.76. The summed E-state index contributed by atoms with van der Waals surface area (Å²) in [6.45, 7) is 2.61. The molecule has 14 heavy (non-hydrogen) atoms. The Balaban J connectivity index is 3.06. The van der Waals surface area contributed by atoms with Gasteiger partial charge in [0.15, 0.2) is 0 Å². The van der Waals surface area contributed by atoms with Gasteiger partial charge in [0.1, 0.15) is 0 Å². The highest BCUT2D eigenvalue weighted by Gasteiger charge is 2.13. The van der Waals surface area contributed by atoms with Gasteiger partial charge in [-0.3, -0.25) is 4.79 Å². The Morgan fingerprint density at radius 1 is 1.57 bits per heavy atom. The van der Waals surface area contributed by atoms with Crippen LogP contribution in [-0.4, -0.2) is 24.4 Å². The Morgan fingerprint density at radius 3 is 2.79 bits per heavy atom. The number of amides is 1. The van der Waals surface area contributed by atoms with Gasteiger partial charge in [0.2, 0.25) is 0 Å². The molecule has 0 saturated heterocycles. The van der Waals surface area contributed by atoms with Crippen molar-refractivity contribution in [1.29, 1.82) is 0 Å². The molecule has 0 spiro atoms. The molecule has 0 radical (unpaired) electrons. The fourth-order valence-electron chi connectivity index (χ4n) is 1.06. The van der Waals surface area contributed by atoms with Crippen molar-refractivity contribution in [1.82, 2.24) is 4.90 Å². The molecule has 76 valence electrons. The minimum atomic E-state index is -0.0216. The smallest absolute Gasteiger partial charge is 0.254 e. The van der Waals surface area contributed by atoms with E-state index in [0.717, 1.165) is 4.47 Å². The van der Waals surface area contributed by atoms with Crippen molar-refractivity contribution >= 4 is 27.5 Å². The van der Waals surface area contributed by atoms with E-state index in [1.165, 1.54) is 0 Å². The van der Waals surface area contributed by atoms with E-state index < -0.39 is 0 Å². The first-order valence-electron chi connectivity index (χ1n) is 4.36. The number of nitrogens with zero attached hydrogens (tertiary/aromatic N) is 1. The molecule has 0 heterocycles. The van der Waals surface area contributed by atoms with Crippen LogP contribution in [0.15, 0.2) is 22.7 Å². The number of halogens is 1. The number of nitrogen functional groups attached to an aromatic ring is 1. The Morgan fingerprint density at radius 2 is 2.21 bits per heavy atom. The predicted octanol–water partition coefficient (Wildman–Crippen LogP) is 2.12. The number of carbonyl (C=O) groups is 1. The summed E-state index contributed by atoms with van der Waals surface area (Å²) >= 11 is 3.33. The van der Waals surface area contributed by atoms with Crippen molar-refractivity contribution in [3.63, 3.8) is 0 Å². The average molecular weight is 257 g/mol. The normalized spacial score (nSPS) is 9.93. The molecule has 0 fully saturated rings. The standard InChI is InChI=1S/C10H13BrN2O/c1-3-13(2)10(14)8-6-7(12)4-5-9(8)11/h4-6H,3,12H2,1-2H3. The second kappa shape index (κ2) is 4.46. The van der Waals surface area contributed by atoms with Crippen LogP contribution in [0.5, 0.6) is 0 Å². The largest absolute Gasteiger partial charge is 0.399 e. The monoisotopic (exact) mass is 256 g/mol. The molecule has 0 aromatic heterocycles. The van der Waals surface area contributed by atoms with Crippen LogP contribution in [0.2, 0.25) is 0 Å². The highest BCUT2D eigenvalue weighted by molar-refractivity contribution is 9.10. The van der Waals surface area contributed by atoms with E-state index in [1.54, 1.807) is 30.1 Å². The zero-order valence-electron chi connectivity index (χ0n) is 8.25. The molecule has 0 bridgehead atoms. The maximum Gasteiger partial charge on any atom is 0.254 e. The van der Waals surface area contributed by atoms with Crippen LogP contribution in [0.1, 0.15) is 17.3 Å². The Hall–Kier alpha value is -1.03. The molecular weight excluding hydrogens is 244 g/mol. The third kappa shape index (κ3) is 2.26. The van der Waals surface area contributed by atoms with Crippen molar-refractivity contribution in [3.05, 3.63) is 28.2 Å². The highest BCUT2D eigenvalue weighted by atomic mass is 79.9. The van der Waals surface area contributed by atoms with Crippen LogP contribution in [0, 0.1) is 0 Å². The van der Waals surface area contributed by atoms with E-state index >= 15 is 0 Å². The SMILES string of the molecule is CCN(C)C(=O)c1cc(N)ccc1Br. The molecule has 0 aliphatic rings. The number of anilines is 1. The van der Waals surface area contributed by atoms with Gasteiger partial charge in [-0.05, 0) is 41.1 Å². The molecule has 4 heteroatoms. The maximum atomic E-state index is 11.8. The molecule has 0 aliphatic heterocycles. The molecule has 0 atom stereocenters. The molecule has 1 amide bonds. The topological polar surface area (TPSA) is 46.3 Å². The Bertz CT molecular complexity index is 352. The summed E-state index contributed by atoms with van der Waals surface area (Å²) in [5, 5.41) is 0. The Kier molecular flexibility index (Phi) is 3.52. The van der Waals surface area contributed by atoms with Crippen molar-refractivity contribution in [3.8, 4) is 0 Å². The molecule has 0 unspecified atom stereocenters. The maximum absolute atomic E-state index is 11.8. The fraction of sp³-hybridized carbons (Fsp3) is 0.300. The fourth-order valence-corrected chi connectivity index (χ4v) is 1.47. The number of benzene rings is 1. The van der Waals surface area contributed by atoms with Crippen molar-refractivity contribution < 1.29 is 4.79 Å². The third-order valence-corrected chi connectivity index (χ3v) is 2.73. The van der Waals surface area contributed by atoms with Gasteiger partial charge >= 0.3 is 0 Å². The van der Waals surface area contributed by atoms with Crippen molar-refractivity contribution in [2.24, 2.45) is 0 Å². The molecule has 0 aliphatic carbocycles. The van der Waals surface area contributed by atoms with Gasteiger partial charge in [-0.1, -0.05) is 0 Å². The summed E-state index contributed by atoms with van der Waals surface area (Å²) in [4.78, 5) is 13.4. The van der Waals surface area contributed by atoms with Crippen molar-refractivity contribution in [2.45, 2.75) is 6.92 Å². The zero-order valence-corrected chi connectivity index (χ0v) is 9.84. The van der Waals surface area contributed by atoms with E-state index in [-0.39, 0.29) is 5.91 Å². The van der Waals surface area contributed by atoms with E-state index in [2.05, 4.69) is 15.9 Å². The van der Waals surface area contributed by atoms with Crippen LogP contribution in [0.3, 0.4) is 0 Å². The van der Waals surface area contributed by atoms with E-state index in [1.807, 2.05) is 6.92 Å². The average Bonchev–Trinajstić information content (AvgIpc) is 2.19. The van der Waals surface area contributed by atoms with Crippen LogP contribution in [0.25, 0.3) is 0 Å². The zero-order chi connectivity index (χ0) is 10.7. The lowest BCUT2D eigenvalue weighted by molar-refractivity contribution is 0.0801. The molecule has 1 rings (SSSR count). The highest BCUT2D eigenvalue weighted by Crippen LogP contribution is 2.20. The van der Waals surface area contributed by atoms with Gasteiger partial charge in [-0.15, -0.1) is 0 Å². The van der Waals surface area contributed by atoms with Gasteiger partial charge in [0, 0.05) is 23.8 Å². The lowest BCUT2D eigenvalue weighted by atomic mass is 10.2. The minimum absolute atomic E-state index is 0.0216. The van der Waals surface area contributed by atoms with E-state index in [0.29, 0.717) is 17.8 Å². The van der Waals surface area contributed by atoms with Gasteiger partial charge in [0.25, 0.3) is 5.91 Å². The third-order valence-electron chi connectivity index (χ3n) is 2.04. The second-order valence-electron chi connectivity index (χ2n) is 3.06. The van der Waals surface area contributed by atoms with Crippen LogP contribution >= 0.6 is 15.9 Å². The van der Waals surface area contributed by atoms with Gasteiger partial charge < -0.3 is 10.6 Å². The summed E-state index contributed by atoms with van der Waals surface area (Å²) in [6, 6.07) is 5.22. The summed E-state index contributed by atoms with van der Waals surface area (Å²) in [5.41, 5.74) is 6.82.